The molecule has 1 nitrogen and oxygen atoms in total. The quantitative estimate of drug-likeness (QED) is 0.889. The number of hydrogen-bond donors (Lipinski definition) is 1. The van der Waals surface area contributed by atoms with Crippen molar-refractivity contribution in [2.24, 2.45) is 0 Å². The third-order valence-corrected chi connectivity index (χ3v) is 4.08. The number of hydrogen-bond acceptors (Lipinski definition) is 2. The van der Waals surface area contributed by atoms with Crippen LogP contribution < -0.4 is 5.32 Å². The molecule has 0 spiro atoms. The Balaban J connectivity index is 2.49. The molecule has 0 bridgehead atoms. The van der Waals surface area contributed by atoms with Crippen molar-refractivity contribution in [3.8, 4) is 0 Å². The molecule has 0 aliphatic heterocycles. The molecule has 0 amide bonds. The molecule has 0 fully saturated rings. The molecule has 1 unspecified atom stereocenters. The zero-order valence-corrected chi connectivity index (χ0v) is 11.0. The van der Waals surface area contributed by atoms with Gasteiger partial charge in [0.05, 0.1) is 5.56 Å². The van der Waals surface area contributed by atoms with Crippen LogP contribution >= 0.6 is 11.3 Å². The van der Waals surface area contributed by atoms with Crippen LogP contribution in [-0.4, -0.2) is 13.1 Å². The maximum Gasteiger partial charge on any atom is 0.417 e. The highest BCUT2D eigenvalue weighted by atomic mass is 32.1. The van der Waals surface area contributed by atoms with Crippen molar-refractivity contribution >= 4 is 21.4 Å². The number of fused-ring (bicyclic) bond motifs is 1. The Morgan fingerprint density at radius 1 is 1.33 bits per heavy atom. The predicted molar refractivity (Wildman–Crippen MR) is 69.1 cm³/mol. The van der Waals surface area contributed by atoms with E-state index in [1.54, 1.807) is 6.07 Å². The Morgan fingerprint density at radius 3 is 2.67 bits per heavy atom. The van der Waals surface area contributed by atoms with E-state index in [0.717, 1.165) is 23.4 Å². The van der Waals surface area contributed by atoms with Gasteiger partial charge in [0.25, 0.3) is 0 Å². The molecule has 98 valence electrons. The molecule has 5 heteroatoms. The van der Waals surface area contributed by atoms with E-state index in [2.05, 4.69) is 5.32 Å². The van der Waals surface area contributed by atoms with Gasteiger partial charge < -0.3 is 5.32 Å². The van der Waals surface area contributed by atoms with Crippen molar-refractivity contribution in [2.45, 2.75) is 25.6 Å². The standard InChI is InChI=1S/C13H14F3NS/c1-8(17-2)6-9-7-18-12-10(9)4-3-5-11(12)13(14,15)16/h3-5,7-8,17H,6H2,1-2H3. The van der Waals surface area contributed by atoms with Crippen LogP contribution in [-0.2, 0) is 12.6 Å². The maximum absolute atomic E-state index is 12.9. The third-order valence-electron chi connectivity index (χ3n) is 3.00. The minimum Gasteiger partial charge on any atom is -0.317 e. The van der Waals surface area contributed by atoms with Gasteiger partial charge in [0.1, 0.15) is 0 Å². The highest BCUT2D eigenvalue weighted by Gasteiger charge is 2.33. The summed E-state index contributed by atoms with van der Waals surface area (Å²) in [6.45, 7) is 2.01. The van der Waals surface area contributed by atoms with Gasteiger partial charge in [0.15, 0.2) is 0 Å². The van der Waals surface area contributed by atoms with Crippen LogP contribution in [0.4, 0.5) is 13.2 Å². The summed E-state index contributed by atoms with van der Waals surface area (Å²) in [6, 6.07) is 4.63. The molecular weight excluding hydrogens is 259 g/mol. The summed E-state index contributed by atoms with van der Waals surface area (Å²) in [6.07, 6.45) is -3.55. The minimum atomic E-state index is -4.28. The van der Waals surface area contributed by atoms with Crippen LogP contribution in [0.25, 0.3) is 10.1 Å². The molecule has 0 aliphatic carbocycles. The fraction of sp³-hybridized carbons (Fsp3) is 0.385. The summed E-state index contributed by atoms with van der Waals surface area (Å²) in [5, 5.41) is 5.64. The van der Waals surface area contributed by atoms with Gasteiger partial charge in [-0.15, -0.1) is 11.3 Å². The number of thiophene rings is 1. The number of likely N-dealkylation sites (N-methyl/N-ethyl adjacent to an activating group) is 1. The second-order valence-corrected chi connectivity index (χ2v) is 5.21. The lowest BCUT2D eigenvalue weighted by Gasteiger charge is -2.10. The zero-order chi connectivity index (χ0) is 13.3. The first-order valence-electron chi connectivity index (χ1n) is 5.67. The Morgan fingerprint density at radius 2 is 2.06 bits per heavy atom. The minimum absolute atomic E-state index is 0.248. The molecule has 0 saturated carbocycles. The number of nitrogens with one attached hydrogen (secondary N) is 1. The molecular formula is C13H14F3NS. The molecule has 18 heavy (non-hydrogen) atoms. The van der Waals surface area contributed by atoms with Gasteiger partial charge in [-0.2, -0.15) is 13.2 Å². The molecule has 0 radical (unpaired) electrons. The van der Waals surface area contributed by atoms with Gasteiger partial charge in [0, 0.05) is 10.7 Å². The van der Waals surface area contributed by atoms with Gasteiger partial charge in [-0.05, 0) is 42.8 Å². The molecule has 2 aromatic rings. The van der Waals surface area contributed by atoms with Gasteiger partial charge in [-0.3, -0.25) is 0 Å². The van der Waals surface area contributed by atoms with E-state index >= 15 is 0 Å². The Labute approximate surface area is 108 Å². The van der Waals surface area contributed by atoms with E-state index in [0.29, 0.717) is 4.70 Å². The number of halogens is 3. The molecule has 1 heterocycles. The van der Waals surface area contributed by atoms with Gasteiger partial charge in [0.2, 0.25) is 0 Å². The lowest BCUT2D eigenvalue weighted by molar-refractivity contribution is -0.136. The van der Waals surface area contributed by atoms with Crippen LogP contribution in [0.1, 0.15) is 18.1 Å². The van der Waals surface area contributed by atoms with Crippen LogP contribution in [0.5, 0.6) is 0 Å². The van der Waals surface area contributed by atoms with Crippen molar-refractivity contribution in [1.82, 2.24) is 5.32 Å². The van der Waals surface area contributed by atoms with Crippen molar-refractivity contribution in [1.29, 1.82) is 0 Å². The van der Waals surface area contributed by atoms with Crippen LogP contribution in [0.3, 0.4) is 0 Å². The lowest BCUT2D eigenvalue weighted by atomic mass is 10.0. The van der Waals surface area contributed by atoms with E-state index in [1.165, 1.54) is 17.4 Å². The predicted octanol–water partition coefficient (Wildman–Crippen LogP) is 4.07. The molecule has 0 aliphatic rings. The summed E-state index contributed by atoms with van der Waals surface area (Å²) in [5.74, 6) is 0. The van der Waals surface area contributed by atoms with E-state index in [4.69, 9.17) is 0 Å². The first-order valence-corrected chi connectivity index (χ1v) is 6.55. The first-order chi connectivity index (χ1) is 8.43. The average Bonchev–Trinajstić information content (AvgIpc) is 2.71. The van der Waals surface area contributed by atoms with Crippen molar-refractivity contribution < 1.29 is 13.2 Å². The Bertz CT molecular complexity index is 545. The fourth-order valence-corrected chi connectivity index (χ4v) is 3.04. The van der Waals surface area contributed by atoms with Crippen LogP contribution in [0.15, 0.2) is 23.6 Å². The second kappa shape index (κ2) is 4.90. The second-order valence-electron chi connectivity index (χ2n) is 4.33. The molecule has 1 aromatic heterocycles. The fourth-order valence-electron chi connectivity index (χ4n) is 1.92. The summed E-state index contributed by atoms with van der Waals surface area (Å²) in [4.78, 5) is 0. The molecule has 2 rings (SSSR count). The molecule has 0 saturated heterocycles. The van der Waals surface area contributed by atoms with E-state index in [9.17, 15) is 13.2 Å². The number of rotatable bonds is 3. The van der Waals surface area contributed by atoms with Gasteiger partial charge in [-0.1, -0.05) is 12.1 Å². The summed E-state index contributed by atoms with van der Waals surface area (Å²) in [7, 11) is 1.85. The van der Waals surface area contributed by atoms with E-state index in [1.807, 2.05) is 19.4 Å². The Hall–Kier alpha value is -1.07. The summed E-state index contributed by atoms with van der Waals surface area (Å²) >= 11 is 1.17. The number of alkyl halides is 3. The van der Waals surface area contributed by atoms with Crippen LogP contribution in [0.2, 0.25) is 0 Å². The average molecular weight is 273 g/mol. The van der Waals surface area contributed by atoms with E-state index in [-0.39, 0.29) is 6.04 Å². The normalized spacial score (nSPS) is 14.1. The third kappa shape index (κ3) is 2.52. The topological polar surface area (TPSA) is 12.0 Å². The van der Waals surface area contributed by atoms with E-state index < -0.39 is 11.7 Å². The highest BCUT2D eigenvalue weighted by molar-refractivity contribution is 7.17. The highest BCUT2D eigenvalue weighted by Crippen LogP contribution is 2.38. The monoisotopic (exact) mass is 273 g/mol. The van der Waals surface area contributed by atoms with Crippen molar-refractivity contribution in [3.63, 3.8) is 0 Å². The van der Waals surface area contributed by atoms with Crippen molar-refractivity contribution in [2.75, 3.05) is 7.05 Å². The molecule has 1 N–H and O–H groups in total. The lowest BCUT2D eigenvalue weighted by Crippen LogP contribution is -2.23. The Kier molecular flexibility index (Phi) is 3.64. The summed E-state index contributed by atoms with van der Waals surface area (Å²) in [5.41, 5.74) is 0.441. The van der Waals surface area contributed by atoms with Gasteiger partial charge >= 0.3 is 6.18 Å². The summed E-state index contributed by atoms with van der Waals surface area (Å²) < 4.78 is 38.9. The molecule has 1 aromatic carbocycles. The van der Waals surface area contributed by atoms with Crippen LogP contribution in [0, 0.1) is 0 Å². The van der Waals surface area contributed by atoms with Crippen molar-refractivity contribution in [3.05, 3.63) is 34.7 Å². The van der Waals surface area contributed by atoms with Gasteiger partial charge in [-0.25, -0.2) is 0 Å². The SMILES string of the molecule is CNC(C)Cc1csc2c(C(F)(F)F)cccc12. The largest absolute Gasteiger partial charge is 0.417 e. The zero-order valence-electron chi connectivity index (χ0n) is 10.1. The number of benzene rings is 1. The molecule has 1 atom stereocenters. The maximum atomic E-state index is 12.9. The first kappa shape index (κ1) is 13.4. The smallest absolute Gasteiger partial charge is 0.317 e.